The summed E-state index contributed by atoms with van der Waals surface area (Å²) in [6.45, 7) is 4.25. The van der Waals surface area contributed by atoms with E-state index in [0.717, 1.165) is 0 Å². The molecule has 192 valence electrons. The maximum Gasteiger partial charge on any atom is 0 e. The Balaban J connectivity index is -0.00000000110. The molecule has 0 saturated carbocycles. The molecule has 0 saturated heterocycles. The zero-order valence-electron chi connectivity index (χ0n) is 8.31. The van der Waals surface area contributed by atoms with Gasteiger partial charge in [-0.05, 0) is 40.1 Å². The second kappa shape index (κ2) is 586. The van der Waals surface area contributed by atoms with Crippen molar-refractivity contribution in [2.45, 2.75) is 102 Å². The zero-order valence-corrected chi connectivity index (χ0v) is 19.5. The Morgan fingerprint density at radius 2 is 0.333 bits per heavy atom. The Morgan fingerprint density at radius 1 is 0.333 bits per heavy atom. The topological polar surface area (TPSA) is 0 Å². The third-order valence-electron chi connectivity index (χ3n) is 0. The molecule has 0 aromatic rings. The Kier molecular flexibility index (Phi) is 4240. The molecule has 0 N–H and O–H groups in total. The van der Waals surface area contributed by atoms with Crippen LogP contribution in [0.15, 0.2) is 0 Å². The van der Waals surface area contributed by atoms with Gasteiger partial charge in [0.25, 0.3) is 0 Å². The average Bonchev–Trinajstić information content (AvgIpc) is 2.32. The Hall–Kier alpha value is 6.38. The SMILES string of the molecule is C.C.C.C.C.C.C.C.C.C.C.CCC.P=S.P=S.P=S.P=S.P=S.[Ar].[Ar].[Ar]. The summed E-state index contributed by atoms with van der Waals surface area (Å²) in [5.74, 6) is 0. The van der Waals surface area contributed by atoms with E-state index in [0.29, 0.717) is 0 Å². The van der Waals surface area contributed by atoms with Crippen molar-refractivity contribution < 1.29 is 113 Å². The maximum absolute atomic E-state index is 3.89. The molecule has 27 heavy (non-hydrogen) atoms. The predicted octanol–water partition coefficient (Wildman–Crippen LogP) is 11.4. The summed E-state index contributed by atoms with van der Waals surface area (Å²) in [5, 5.41) is 0. The van der Waals surface area contributed by atoms with Gasteiger partial charge in [0.15, 0.2) is 0 Å². The van der Waals surface area contributed by atoms with Crippen molar-refractivity contribution in [3.63, 3.8) is 0 Å². The minimum atomic E-state index is 0. The second-order valence-electron chi connectivity index (χ2n) is 0.707. The van der Waals surface area contributed by atoms with Gasteiger partial charge in [0.05, 0.1) is 0 Å². The monoisotopic (exact) mass is 660 g/mol. The third-order valence-corrected chi connectivity index (χ3v) is 0. The molecule has 0 heterocycles. The van der Waals surface area contributed by atoms with Gasteiger partial charge >= 0.3 is 0 Å². The fourth-order valence-corrected chi connectivity index (χ4v) is 0. The zero-order chi connectivity index (χ0) is 12.7. The van der Waals surface area contributed by atoms with Crippen LogP contribution in [-0.2, 0) is 59.0 Å². The smallest absolute Gasteiger partial charge is 0 e. The van der Waals surface area contributed by atoms with E-state index in [4.69, 9.17) is 0 Å². The molecule has 0 amide bonds. The van der Waals surface area contributed by atoms with Crippen LogP contribution in [0.25, 0.3) is 0 Å². The average molecular weight is 661 g/mol. The van der Waals surface area contributed by atoms with Crippen LogP contribution in [0, 0.1) is 113 Å². The van der Waals surface area contributed by atoms with E-state index in [2.05, 4.69) is 113 Å². The van der Waals surface area contributed by atoms with E-state index < -0.39 is 0 Å². The van der Waals surface area contributed by atoms with Gasteiger partial charge in [-0.15, -0.1) is 0 Å². The molecule has 0 aliphatic carbocycles. The summed E-state index contributed by atoms with van der Waals surface area (Å²) in [4.78, 5) is 0. The van der Waals surface area contributed by atoms with Gasteiger partial charge in [0.1, 0.15) is 0 Å². The quantitative estimate of drug-likeness (QED) is 0.237. The summed E-state index contributed by atoms with van der Waals surface area (Å²) in [7, 11) is 12.8. The van der Waals surface area contributed by atoms with Gasteiger partial charge in [-0.1, -0.05) is 161 Å². The van der Waals surface area contributed by atoms with E-state index >= 15 is 0 Å². The molecule has 0 aromatic carbocycles. The molecule has 0 aliphatic rings. The molecule has 13 heteroatoms. The van der Waals surface area contributed by atoms with Gasteiger partial charge < -0.3 is 0 Å². The normalized spacial score (nSPS) is 1.41. The van der Waals surface area contributed by atoms with Crippen molar-refractivity contribution in [3.8, 4) is 0 Å². The van der Waals surface area contributed by atoms with Gasteiger partial charge in [-0.2, -0.15) is 0 Å². The van der Waals surface area contributed by atoms with Crippen molar-refractivity contribution in [1.82, 2.24) is 0 Å². The van der Waals surface area contributed by atoms with E-state index in [1.54, 1.807) is 0 Å². The largest absolute Gasteiger partial charge is 0.0776 e. The Bertz CT molecular complexity index is 66.5. The molecule has 0 nitrogen and oxygen atoms in total. The fourth-order valence-electron chi connectivity index (χ4n) is 0. The van der Waals surface area contributed by atoms with Crippen LogP contribution in [-0.4, -0.2) is 0 Å². The molecule has 0 rings (SSSR count). The second-order valence-corrected chi connectivity index (χ2v) is 0.707. The van der Waals surface area contributed by atoms with Gasteiger partial charge in [0, 0.05) is 113 Å². The van der Waals surface area contributed by atoms with Gasteiger partial charge in [0.2, 0.25) is 0 Å². The number of hydrogen-bond acceptors (Lipinski definition) is 5. The number of rotatable bonds is 0. The number of hydrogen-bond donors (Lipinski definition) is 0. The molecular formula is C14H57Ar3P5S5. The Morgan fingerprint density at radius 3 is 0.333 bits per heavy atom. The van der Waals surface area contributed by atoms with E-state index in [1.807, 2.05) is 0 Å². The first-order valence-electron chi connectivity index (χ1n) is 2.43. The van der Waals surface area contributed by atoms with Crippen LogP contribution in [0.2, 0.25) is 0 Å². The van der Waals surface area contributed by atoms with E-state index in [1.165, 1.54) is 6.42 Å². The van der Waals surface area contributed by atoms with Crippen LogP contribution in [0.4, 0.5) is 0 Å². The van der Waals surface area contributed by atoms with Gasteiger partial charge in [-0.25, -0.2) is 0 Å². The fraction of sp³-hybridized carbons (Fsp3) is 1.00. The summed E-state index contributed by atoms with van der Waals surface area (Å²) >= 11 is 19.4. The molecule has 0 radical (unpaired) electrons. The van der Waals surface area contributed by atoms with Crippen LogP contribution in [0.1, 0.15) is 102 Å². The predicted molar refractivity (Wildman–Crippen MR) is 168 cm³/mol. The van der Waals surface area contributed by atoms with Crippen molar-refractivity contribution in [1.29, 1.82) is 0 Å². The van der Waals surface area contributed by atoms with Crippen molar-refractivity contribution in [3.05, 3.63) is 0 Å². The minimum absolute atomic E-state index is 0. The first-order valence-corrected chi connectivity index (χ1v) is 10.6. The van der Waals surface area contributed by atoms with Crippen molar-refractivity contribution in [2.24, 2.45) is 0 Å². The molecule has 0 bridgehead atoms. The summed E-state index contributed by atoms with van der Waals surface area (Å²) in [5.41, 5.74) is 0. The van der Waals surface area contributed by atoms with Crippen LogP contribution in [0.3, 0.4) is 0 Å². The summed E-state index contributed by atoms with van der Waals surface area (Å²) in [6, 6.07) is 0. The molecule has 0 aliphatic heterocycles. The van der Waals surface area contributed by atoms with Crippen LogP contribution < -0.4 is 0 Å². The first kappa shape index (κ1) is 196. The molecule has 0 atom stereocenters. The Labute approximate surface area is 308 Å². The van der Waals surface area contributed by atoms with E-state index in [-0.39, 0.29) is 195 Å². The third kappa shape index (κ3) is 734. The maximum atomic E-state index is 3.89. The van der Waals surface area contributed by atoms with Crippen LogP contribution >= 0.6 is 40.1 Å². The van der Waals surface area contributed by atoms with E-state index in [9.17, 15) is 0 Å². The van der Waals surface area contributed by atoms with Gasteiger partial charge in [-0.3, -0.25) is 0 Å². The van der Waals surface area contributed by atoms with Crippen molar-refractivity contribution >= 4 is 99.1 Å². The molecular weight excluding hydrogens is 603 g/mol. The summed E-state index contributed by atoms with van der Waals surface area (Å²) in [6.07, 6.45) is 1.25. The summed E-state index contributed by atoms with van der Waals surface area (Å²) < 4.78 is 0. The van der Waals surface area contributed by atoms with Crippen molar-refractivity contribution in [2.75, 3.05) is 0 Å². The molecule has 0 aromatic heterocycles. The molecule has 0 unspecified atom stereocenters. The minimum Gasteiger partial charge on any atom is -0.0776 e. The molecule has 0 spiro atoms. The first-order chi connectivity index (χ1) is 6.41. The molecule has 0 fully saturated rings. The van der Waals surface area contributed by atoms with Crippen LogP contribution in [0.5, 0.6) is 0 Å². The standard InChI is InChI=1S/C3H8.11CH4.3Ar.5HPS/c1-3-2;;;;;;;;;;;;;;;5*1-2/h3H2,1-2H3;11*1H4;;;;5*1H.